The molecule has 30 heavy (non-hydrogen) atoms. The molecule has 2 aliphatic rings. The van der Waals surface area contributed by atoms with Crippen molar-refractivity contribution < 1.29 is 14.3 Å². The number of nitrogens with one attached hydrogen (secondary N) is 1. The quantitative estimate of drug-likeness (QED) is 0.679. The number of benzene rings is 1. The van der Waals surface area contributed by atoms with Crippen LogP contribution in [0, 0.1) is 0 Å². The molecule has 156 valence electrons. The number of rotatable bonds is 6. The summed E-state index contributed by atoms with van der Waals surface area (Å²) in [4.78, 5) is 21.0. The summed E-state index contributed by atoms with van der Waals surface area (Å²) in [6.45, 7) is 5.64. The molecule has 0 bridgehead atoms. The molecule has 4 heterocycles. The molecule has 8 nitrogen and oxygen atoms in total. The summed E-state index contributed by atoms with van der Waals surface area (Å²) in [5.74, 6) is 0.842. The maximum Gasteiger partial charge on any atom is 0.322 e. The molecule has 1 aromatic carbocycles. The van der Waals surface area contributed by atoms with Crippen molar-refractivity contribution >= 4 is 17.4 Å². The molecular weight excluding hydrogens is 382 g/mol. The number of carbonyl (C=O) groups is 1. The van der Waals surface area contributed by atoms with Gasteiger partial charge in [-0.3, -0.25) is 9.80 Å². The predicted octanol–water partition coefficient (Wildman–Crippen LogP) is 2.32. The number of aromatic nitrogens is 2. The normalized spacial score (nSPS) is 19.9. The molecule has 0 saturated carbocycles. The van der Waals surface area contributed by atoms with Crippen molar-refractivity contribution in [2.24, 2.45) is 0 Å². The average molecular weight is 407 g/mol. The first-order valence-corrected chi connectivity index (χ1v) is 10.3. The molecule has 0 radical (unpaired) electrons. The van der Waals surface area contributed by atoms with E-state index in [0.29, 0.717) is 13.2 Å². The van der Waals surface area contributed by atoms with E-state index in [4.69, 9.17) is 9.47 Å². The second kappa shape index (κ2) is 8.33. The highest BCUT2D eigenvalue weighted by atomic mass is 16.5. The van der Waals surface area contributed by atoms with Gasteiger partial charge in [0.15, 0.2) is 0 Å². The fourth-order valence-corrected chi connectivity index (χ4v) is 4.02. The third kappa shape index (κ3) is 3.83. The number of amides is 2. The average Bonchev–Trinajstić information content (AvgIpc) is 3.41. The number of urea groups is 1. The second-order valence-electron chi connectivity index (χ2n) is 7.52. The zero-order valence-corrected chi connectivity index (χ0v) is 16.7. The SMILES string of the molecule is O=C1NCC(c2ccc(OCCN3CCOCC3)cc2)N1c1ccn2ccnc2c1. The number of pyridine rings is 1. The van der Waals surface area contributed by atoms with Crippen LogP contribution in [0.5, 0.6) is 5.75 Å². The Labute approximate surface area is 175 Å². The van der Waals surface area contributed by atoms with Crippen LogP contribution in [0.3, 0.4) is 0 Å². The lowest BCUT2D eigenvalue weighted by Crippen LogP contribution is -2.38. The standard InChI is InChI=1S/C22H25N5O3/c28-22-24-16-20(27(22)18-5-7-26-8-6-23-21(26)15-18)17-1-3-19(4-2-17)30-14-11-25-9-12-29-13-10-25/h1-8,15,20H,9-14,16H2,(H,24,28). The maximum atomic E-state index is 12.5. The predicted molar refractivity (Wildman–Crippen MR) is 113 cm³/mol. The number of fused-ring (bicyclic) bond motifs is 1. The highest BCUT2D eigenvalue weighted by Crippen LogP contribution is 2.31. The number of nitrogens with zero attached hydrogens (tertiary/aromatic N) is 4. The summed E-state index contributed by atoms with van der Waals surface area (Å²) in [6.07, 6.45) is 5.56. The molecule has 3 aromatic rings. The largest absolute Gasteiger partial charge is 0.492 e. The Kier molecular flexibility index (Phi) is 5.25. The highest BCUT2D eigenvalue weighted by Gasteiger charge is 2.33. The first-order valence-electron chi connectivity index (χ1n) is 10.3. The lowest BCUT2D eigenvalue weighted by Gasteiger charge is -2.26. The van der Waals surface area contributed by atoms with E-state index in [2.05, 4.69) is 15.2 Å². The van der Waals surface area contributed by atoms with Crippen LogP contribution in [0.2, 0.25) is 0 Å². The minimum Gasteiger partial charge on any atom is -0.492 e. The molecule has 1 N–H and O–H groups in total. The van der Waals surface area contributed by atoms with Crippen molar-refractivity contribution in [1.82, 2.24) is 19.6 Å². The monoisotopic (exact) mass is 407 g/mol. The topological polar surface area (TPSA) is 71.3 Å². The van der Waals surface area contributed by atoms with E-state index in [9.17, 15) is 4.79 Å². The Morgan fingerprint density at radius 3 is 2.80 bits per heavy atom. The van der Waals surface area contributed by atoms with Gasteiger partial charge in [-0.15, -0.1) is 0 Å². The van der Waals surface area contributed by atoms with E-state index < -0.39 is 0 Å². The van der Waals surface area contributed by atoms with Crippen LogP contribution in [0.15, 0.2) is 55.0 Å². The fraction of sp³-hybridized carbons (Fsp3) is 0.364. The molecule has 2 fully saturated rings. The van der Waals surface area contributed by atoms with E-state index in [1.54, 1.807) is 11.1 Å². The van der Waals surface area contributed by atoms with Crippen molar-refractivity contribution in [3.8, 4) is 5.75 Å². The van der Waals surface area contributed by atoms with E-state index in [0.717, 1.165) is 55.5 Å². The maximum absolute atomic E-state index is 12.5. The van der Waals surface area contributed by atoms with Crippen molar-refractivity contribution in [3.05, 3.63) is 60.6 Å². The molecule has 1 unspecified atom stereocenters. The minimum atomic E-state index is -0.0956. The molecule has 8 heteroatoms. The van der Waals surface area contributed by atoms with Crippen LogP contribution in [-0.4, -0.2) is 66.3 Å². The lowest BCUT2D eigenvalue weighted by atomic mass is 10.1. The summed E-state index contributed by atoms with van der Waals surface area (Å²) in [5, 5.41) is 2.96. The zero-order valence-electron chi connectivity index (χ0n) is 16.7. The summed E-state index contributed by atoms with van der Waals surface area (Å²) in [6, 6.07) is 11.7. The second-order valence-corrected chi connectivity index (χ2v) is 7.52. The Morgan fingerprint density at radius 1 is 1.13 bits per heavy atom. The van der Waals surface area contributed by atoms with Gasteiger partial charge in [-0.2, -0.15) is 0 Å². The molecule has 2 aliphatic heterocycles. The van der Waals surface area contributed by atoms with Crippen LogP contribution in [0.4, 0.5) is 10.5 Å². The van der Waals surface area contributed by atoms with Crippen LogP contribution in [0.1, 0.15) is 11.6 Å². The van der Waals surface area contributed by atoms with Crippen LogP contribution in [0.25, 0.3) is 5.65 Å². The first kappa shape index (κ1) is 18.9. The number of ether oxygens (including phenoxy) is 2. The molecule has 0 aliphatic carbocycles. The van der Waals surface area contributed by atoms with Gasteiger partial charge in [0.1, 0.15) is 18.0 Å². The van der Waals surface area contributed by atoms with Gasteiger partial charge in [0.25, 0.3) is 0 Å². The third-order valence-electron chi connectivity index (χ3n) is 5.68. The number of imidazole rings is 1. The highest BCUT2D eigenvalue weighted by molar-refractivity contribution is 5.95. The van der Waals surface area contributed by atoms with Gasteiger partial charge in [0.05, 0.1) is 24.9 Å². The van der Waals surface area contributed by atoms with Gasteiger partial charge in [-0.1, -0.05) is 12.1 Å². The van der Waals surface area contributed by atoms with E-state index >= 15 is 0 Å². The van der Waals surface area contributed by atoms with Gasteiger partial charge in [-0.25, -0.2) is 9.78 Å². The van der Waals surface area contributed by atoms with Crippen molar-refractivity contribution in [2.45, 2.75) is 6.04 Å². The lowest BCUT2D eigenvalue weighted by molar-refractivity contribution is 0.0322. The first-order chi connectivity index (χ1) is 14.8. The van der Waals surface area contributed by atoms with Crippen LogP contribution in [-0.2, 0) is 4.74 Å². The van der Waals surface area contributed by atoms with Gasteiger partial charge in [0.2, 0.25) is 0 Å². The molecule has 2 aromatic heterocycles. The number of morpholine rings is 1. The van der Waals surface area contributed by atoms with Crippen molar-refractivity contribution in [3.63, 3.8) is 0 Å². The smallest absolute Gasteiger partial charge is 0.322 e. The molecule has 2 amide bonds. The number of anilines is 1. The van der Waals surface area contributed by atoms with Gasteiger partial charge in [-0.05, 0) is 23.8 Å². The number of hydrogen-bond donors (Lipinski definition) is 1. The number of hydrogen-bond acceptors (Lipinski definition) is 5. The molecule has 5 rings (SSSR count). The molecular formula is C22H25N5O3. The zero-order chi connectivity index (χ0) is 20.3. The fourth-order valence-electron chi connectivity index (χ4n) is 4.02. The summed E-state index contributed by atoms with van der Waals surface area (Å²) < 4.78 is 13.2. The summed E-state index contributed by atoms with van der Waals surface area (Å²) in [5.41, 5.74) is 2.71. The molecule has 0 spiro atoms. The summed E-state index contributed by atoms with van der Waals surface area (Å²) >= 11 is 0. The third-order valence-corrected chi connectivity index (χ3v) is 5.68. The Bertz CT molecular complexity index is 1010. The number of carbonyl (C=O) groups excluding carboxylic acids is 1. The Balaban J connectivity index is 1.26. The Morgan fingerprint density at radius 2 is 1.97 bits per heavy atom. The van der Waals surface area contributed by atoms with Crippen molar-refractivity contribution in [1.29, 1.82) is 0 Å². The minimum absolute atomic E-state index is 0.0719. The van der Waals surface area contributed by atoms with Gasteiger partial charge < -0.3 is 19.2 Å². The summed E-state index contributed by atoms with van der Waals surface area (Å²) in [7, 11) is 0. The van der Waals surface area contributed by atoms with Crippen molar-refractivity contribution in [2.75, 3.05) is 50.9 Å². The van der Waals surface area contributed by atoms with Gasteiger partial charge in [0, 0.05) is 50.8 Å². The molecule has 1 atom stereocenters. The molecule has 2 saturated heterocycles. The van der Waals surface area contributed by atoms with E-state index in [1.807, 2.05) is 53.2 Å². The van der Waals surface area contributed by atoms with E-state index in [1.165, 1.54) is 0 Å². The van der Waals surface area contributed by atoms with Crippen LogP contribution < -0.4 is 15.0 Å². The van der Waals surface area contributed by atoms with E-state index in [-0.39, 0.29) is 12.1 Å². The van der Waals surface area contributed by atoms with Crippen LogP contribution >= 0.6 is 0 Å². The van der Waals surface area contributed by atoms with Gasteiger partial charge >= 0.3 is 6.03 Å². The Hall–Kier alpha value is -3.10.